The van der Waals surface area contributed by atoms with Gasteiger partial charge in [0.2, 0.25) is 0 Å². The van der Waals surface area contributed by atoms with Crippen molar-refractivity contribution in [3.63, 3.8) is 0 Å². The Hall–Kier alpha value is -3.27. The number of sulfone groups is 1. The number of nitrogens with zero attached hydrogens (tertiary/aromatic N) is 2. The molecule has 0 aliphatic carbocycles. The Kier molecular flexibility index (Phi) is 5.72. The highest BCUT2D eigenvalue weighted by atomic mass is 32.2. The third-order valence-electron chi connectivity index (χ3n) is 5.83. The van der Waals surface area contributed by atoms with Crippen LogP contribution >= 0.6 is 0 Å². The number of hydrogen-bond donors (Lipinski definition) is 1. The van der Waals surface area contributed by atoms with E-state index in [1.807, 2.05) is 0 Å². The van der Waals surface area contributed by atoms with Crippen molar-refractivity contribution in [3.8, 4) is 17.2 Å². The van der Waals surface area contributed by atoms with Crippen LogP contribution in [0.25, 0.3) is 10.9 Å². The predicted molar refractivity (Wildman–Crippen MR) is 120 cm³/mol. The summed E-state index contributed by atoms with van der Waals surface area (Å²) in [5.41, 5.74) is -0.0209. The van der Waals surface area contributed by atoms with Gasteiger partial charge in [-0.1, -0.05) is 6.07 Å². The lowest BCUT2D eigenvalue weighted by Crippen LogP contribution is -2.43. The number of aromatic nitrogens is 2. The minimum absolute atomic E-state index is 0.0154. The molecular weight excluding hydrogens is 436 g/mol. The van der Waals surface area contributed by atoms with Crippen molar-refractivity contribution in [2.24, 2.45) is 0 Å². The molecule has 1 saturated heterocycles. The minimum atomic E-state index is -3.13. The normalized spacial score (nSPS) is 16.2. The second-order valence-electron chi connectivity index (χ2n) is 7.82. The molecule has 0 saturated carbocycles. The Bertz CT molecular complexity index is 1390. The lowest BCUT2D eigenvalue weighted by molar-refractivity contribution is 0.354. The van der Waals surface area contributed by atoms with Crippen LogP contribution in [-0.4, -0.2) is 48.4 Å². The minimum Gasteiger partial charge on any atom is -0.508 e. The van der Waals surface area contributed by atoms with E-state index in [1.54, 1.807) is 18.2 Å². The van der Waals surface area contributed by atoms with Crippen LogP contribution in [0.15, 0.2) is 46.0 Å². The smallest absolute Gasteiger partial charge is 0.332 e. The zero-order chi connectivity index (χ0) is 23.0. The van der Waals surface area contributed by atoms with Crippen molar-refractivity contribution in [1.29, 1.82) is 0 Å². The first-order valence-electron chi connectivity index (χ1n) is 10.1. The van der Waals surface area contributed by atoms with E-state index < -0.39 is 21.1 Å². The van der Waals surface area contributed by atoms with E-state index in [0.717, 1.165) is 4.57 Å². The maximum Gasteiger partial charge on any atom is 0.332 e. The summed E-state index contributed by atoms with van der Waals surface area (Å²) >= 11 is 0. The van der Waals surface area contributed by atoms with E-state index in [-0.39, 0.29) is 48.1 Å². The first kappa shape index (κ1) is 21.9. The van der Waals surface area contributed by atoms with Crippen molar-refractivity contribution in [2.75, 3.05) is 25.7 Å². The fraction of sp³-hybridized carbons (Fsp3) is 0.364. The molecule has 1 fully saturated rings. The number of rotatable bonds is 5. The first-order valence-corrected chi connectivity index (χ1v) is 12.0. The Balaban J connectivity index is 1.88. The fourth-order valence-corrected chi connectivity index (χ4v) is 5.63. The van der Waals surface area contributed by atoms with Gasteiger partial charge in [0.25, 0.3) is 5.56 Å². The highest BCUT2D eigenvalue weighted by Gasteiger charge is 2.28. The van der Waals surface area contributed by atoms with E-state index in [4.69, 9.17) is 9.47 Å². The standard InChI is InChI=1S/C22H24N2O7S/c1-30-19-6-3-14(11-20(19)31-2)13-23-21(26)17-12-16(25)4-5-18(17)24(22(23)27)15-7-9-32(28,29)10-8-15/h3-6,11-12,15,25H,7-10,13H2,1-2H3. The average molecular weight is 461 g/mol. The van der Waals surface area contributed by atoms with E-state index in [2.05, 4.69) is 0 Å². The molecule has 0 bridgehead atoms. The third kappa shape index (κ3) is 3.97. The van der Waals surface area contributed by atoms with Gasteiger partial charge in [0.1, 0.15) is 15.6 Å². The molecule has 0 unspecified atom stereocenters. The molecule has 0 amide bonds. The fourth-order valence-electron chi connectivity index (χ4n) is 4.16. The van der Waals surface area contributed by atoms with Crippen LogP contribution in [0.5, 0.6) is 17.2 Å². The summed E-state index contributed by atoms with van der Waals surface area (Å²) in [5.74, 6) is 0.864. The summed E-state index contributed by atoms with van der Waals surface area (Å²) in [6.45, 7) is -0.0192. The molecule has 9 nitrogen and oxygen atoms in total. The van der Waals surface area contributed by atoms with Gasteiger partial charge in [-0.25, -0.2) is 13.2 Å². The van der Waals surface area contributed by atoms with Crippen LogP contribution in [0.4, 0.5) is 0 Å². The zero-order valence-corrected chi connectivity index (χ0v) is 18.6. The van der Waals surface area contributed by atoms with Crippen molar-refractivity contribution >= 4 is 20.7 Å². The quantitative estimate of drug-likeness (QED) is 0.616. The molecule has 1 aliphatic rings. The Morgan fingerprint density at radius 2 is 1.69 bits per heavy atom. The van der Waals surface area contributed by atoms with Gasteiger partial charge in [-0.15, -0.1) is 0 Å². The molecule has 1 N–H and O–H groups in total. The lowest BCUT2D eigenvalue weighted by atomic mass is 10.1. The number of fused-ring (bicyclic) bond motifs is 1. The van der Waals surface area contributed by atoms with Gasteiger partial charge in [0.15, 0.2) is 11.5 Å². The summed E-state index contributed by atoms with van der Waals surface area (Å²) in [7, 11) is -0.116. The van der Waals surface area contributed by atoms with E-state index in [9.17, 15) is 23.1 Å². The maximum absolute atomic E-state index is 13.5. The second-order valence-corrected chi connectivity index (χ2v) is 10.1. The number of aromatic hydroxyl groups is 1. The molecule has 10 heteroatoms. The summed E-state index contributed by atoms with van der Waals surface area (Å²) in [5, 5.41) is 10.1. The average Bonchev–Trinajstić information content (AvgIpc) is 2.78. The van der Waals surface area contributed by atoms with Gasteiger partial charge >= 0.3 is 5.69 Å². The predicted octanol–water partition coefficient (Wildman–Crippen LogP) is 1.68. The molecule has 0 spiro atoms. The highest BCUT2D eigenvalue weighted by Crippen LogP contribution is 2.29. The molecule has 0 radical (unpaired) electrons. The van der Waals surface area contributed by atoms with Crippen molar-refractivity contribution < 1.29 is 23.0 Å². The maximum atomic E-state index is 13.5. The summed E-state index contributed by atoms with van der Waals surface area (Å²) in [4.78, 5) is 26.7. The largest absolute Gasteiger partial charge is 0.508 e. The molecule has 3 aromatic rings. The van der Waals surface area contributed by atoms with Crippen molar-refractivity contribution in [2.45, 2.75) is 25.4 Å². The van der Waals surface area contributed by atoms with Gasteiger partial charge in [-0.2, -0.15) is 0 Å². The third-order valence-corrected chi connectivity index (χ3v) is 7.55. The number of phenols is 1. The monoisotopic (exact) mass is 460 g/mol. The number of methoxy groups -OCH3 is 2. The first-order chi connectivity index (χ1) is 15.2. The van der Waals surface area contributed by atoms with E-state index in [0.29, 0.717) is 22.6 Å². The van der Waals surface area contributed by atoms with E-state index >= 15 is 0 Å². The SMILES string of the molecule is COc1ccc(Cn2c(=O)c3cc(O)ccc3n(C3CCS(=O)(=O)CC3)c2=O)cc1OC. The topological polar surface area (TPSA) is 117 Å². The van der Waals surface area contributed by atoms with E-state index in [1.165, 1.54) is 37.0 Å². The van der Waals surface area contributed by atoms with Gasteiger partial charge in [0.05, 0.1) is 43.2 Å². The number of ether oxygens (including phenoxy) is 2. The van der Waals surface area contributed by atoms with Crippen LogP contribution in [0.1, 0.15) is 24.4 Å². The molecule has 170 valence electrons. The zero-order valence-electron chi connectivity index (χ0n) is 17.8. The van der Waals surface area contributed by atoms with Crippen LogP contribution < -0.4 is 20.7 Å². The molecule has 2 aromatic carbocycles. The Morgan fingerprint density at radius 3 is 2.34 bits per heavy atom. The summed E-state index contributed by atoms with van der Waals surface area (Å²) in [6, 6.07) is 9.02. The van der Waals surface area contributed by atoms with Crippen LogP contribution in [0.2, 0.25) is 0 Å². The molecule has 2 heterocycles. The summed E-state index contributed by atoms with van der Waals surface area (Å²) < 4.78 is 36.9. The number of phenolic OH excluding ortho intramolecular Hbond substituents is 1. The van der Waals surface area contributed by atoms with Crippen LogP contribution in [0, 0.1) is 0 Å². The Labute approximate surface area is 184 Å². The molecule has 4 rings (SSSR count). The molecule has 32 heavy (non-hydrogen) atoms. The van der Waals surface area contributed by atoms with Gasteiger partial charge in [0, 0.05) is 6.04 Å². The van der Waals surface area contributed by atoms with Crippen LogP contribution in [0.3, 0.4) is 0 Å². The van der Waals surface area contributed by atoms with Gasteiger partial charge in [-0.3, -0.25) is 13.9 Å². The second kappa shape index (κ2) is 8.34. The Morgan fingerprint density at radius 1 is 1.00 bits per heavy atom. The summed E-state index contributed by atoms with van der Waals surface area (Å²) in [6.07, 6.45) is 0.569. The molecule has 1 aliphatic heterocycles. The molecule has 0 atom stereocenters. The van der Waals surface area contributed by atoms with Crippen molar-refractivity contribution in [1.82, 2.24) is 9.13 Å². The number of hydrogen-bond acceptors (Lipinski definition) is 7. The van der Waals surface area contributed by atoms with Gasteiger partial charge in [-0.05, 0) is 48.7 Å². The van der Waals surface area contributed by atoms with Crippen molar-refractivity contribution in [3.05, 3.63) is 62.8 Å². The molecule has 1 aromatic heterocycles. The van der Waals surface area contributed by atoms with Crippen LogP contribution in [-0.2, 0) is 16.4 Å². The number of benzene rings is 2. The molecular formula is C22H24N2O7S. The lowest BCUT2D eigenvalue weighted by Gasteiger charge is -2.26. The highest BCUT2D eigenvalue weighted by molar-refractivity contribution is 7.91. The van der Waals surface area contributed by atoms with Gasteiger partial charge < -0.3 is 14.6 Å².